The summed E-state index contributed by atoms with van der Waals surface area (Å²) in [5, 5.41) is 10.4. The normalized spacial score (nSPS) is 11.6. The van der Waals surface area contributed by atoms with E-state index < -0.39 is 0 Å². The van der Waals surface area contributed by atoms with Gasteiger partial charge in [-0.05, 0) is 35.2 Å². The van der Waals surface area contributed by atoms with E-state index in [2.05, 4.69) is 41.3 Å². The number of para-hydroxylation sites is 1. The molecule has 2 N–H and O–H groups in total. The second kappa shape index (κ2) is 8.39. The fourth-order valence-corrected chi connectivity index (χ4v) is 3.96. The van der Waals surface area contributed by atoms with E-state index in [1.165, 1.54) is 28.1 Å². The number of nitrogens with zero attached hydrogens (tertiary/aromatic N) is 3. The highest BCUT2D eigenvalue weighted by molar-refractivity contribution is 7.99. The number of carbonyl (C=O) groups is 1. The number of hydrogen-bond donors (Lipinski definition) is 2. The molecule has 0 fully saturated rings. The van der Waals surface area contributed by atoms with Crippen LogP contribution >= 0.6 is 11.8 Å². The van der Waals surface area contributed by atoms with Gasteiger partial charge in [0.25, 0.3) is 5.56 Å². The average molecular weight is 434 g/mol. The van der Waals surface area contributed by atoms with E-state index in [4.69, 9.17) is 0 Å². The number of fused-ring (bicyclic) bond motifs is 1. The summed E-state index contributed by atoms with van der Waals surface area (Å²) < 4.78 is 1.51. The molecule has 8 heteroatoms. The largest absolute Gasteiger partial charge is 0.325 e. The molecule has 2 aromatic carbocycles. The third-order valence-electron chi connectivity index (χ3n) is 4.83. The molecule has 0 radical (unpaired) electrons. The van der Waals surface area contributed by atoms with Gasteiger partial charge in [0, 0.05) is 5.69 Å². The first-order chi connectivity index (χ1) is 14.8. The maximum atomic E-state index is 13.0. The number of aromatic amines is 1. The average Bonchev–Trinajstić information content (AvgIpc) is 3.22. The van der Waals surface area contributed by atoms with E-state index in [0.717, 1.165) is 5.69 Å². The smallest absolute Gasteiger partial charge is 0.269 e. The van der Waals surface area contributed by atoms with Crippen LogP contribution in [0.25, 0.3) is 16.7 Å². The summed E-state index contributed by atoms with van der Waals surface area (Å²) in [6.07, 6.45) is 1.46. The minimum absolute atomic E-state index is 0.0521. The first-order valence-electron chi connectivity index (χ1n) is 9.88. The first-order valence-corrected chi connectivity index (χ1v) is 10.9. The highest BCUT2D eigenvalue weighted by atomic mass is 32.2. The predicted molar refractivity (Wildman–Crippen MR) is 124 cm³/mol. The molecule has 0 aliphatic carbocycles. The maximum Gasteiger partial charge on any atom is 0.269 e. The molecule has 31 heavy (non-hydrogen) atoms. The Labute approximate surface area is 183 Å². The van der Waals surface area contributed by atoms with Crippen LogP contribution in [-0.4, -0.2) is 31.4 Å². The lowest BCUT2D eigenvalue weighted by atomic mass is 9.87. The van der Waals surface area contributed by atoms with Crippen LogP contribution in [0.5, 0.6) is 0 Å². The predicted octanol–water partition coefficient (Wildman–Crippen LogP) is 4.14. The van der Waals surface area contributed by atoms with Crippen LogP contribution in [0.1, 0.15) is 26.3 Å². The van der Waals surface area contributed by atoms with Gasteiger partial charge in [-0.2, -0.15) is 5.10 Å². The quantitative estimate of drug-likeness (QED) is 0.365. The zero-order valence-electron chi connectivity index (χ0n) is 17.5. The number of nitrogens with one attached hydrogen (secondary N) is 2. The van der Waals surface area contributed by atoms with Crippen molar-refractivity contribution in [2.45, 2.75) is 31.3 Å². The summed E-state index contributed by atoms with van der Waals surface area (Å²) in [6.45, 7) is 6.44. The second-order valence-corrected chi connectivity index (χ2v) is 9.11. The molecule has 0 unspecified atom stereocenters. The molecule has 4 aromatic rings. The molecule has 0 bridgehead atoms. The fourth-order valence-electron chi connectivity index (χ4n) is 3.16. The number of benzene rings is 2. The molecule has 0 aliphatic rings. The number of rotatable bonds is 5. The fraction of sp³-hybridized carbons (Fsp3) is 0.217. The van der Waals surface area contributed by atoms with Gasteiger partial charge in [-0.1, -0.05) is 62.9 Å². The minimum atomic E-state index is -0.231. The Kier molecular flexibility index (Phi) is 5.65. The summed E-state index contributed by atoms with van der Waals surface area (Å²) in [7, 11) is 0. The Morgan fingerprint density at radius 2 is 1.81 bits per heavy atom. The molecule has 1 amide bonds. The van der Waals surface area contributed by atoms with Gasteiger partial charge >= 0.3 is 0 Å². The van der Waals surface area contributed by atoms with Crippen LogP contribution in [0, 0.1) is 0 Å². The molecule has 7 nitrogen and oxygen atoms in total. The van der Waals surface area contributed by atoms with E-state index in [0.29, 0.717) is 21.9 Å². The van der Waals surface area contributed by atoms with Crippen LogP contribution in [-0.2, 0) is 10.2 Å². The molecule has 0 saturated heterocycles. The lowest BCUT2D eigenvalue weighted by molar-refractivity contribution is -0.113. The highest BCUT2D eigenvalue weighted by Crippen LogP contribution is 2.24. The Hall–Kier alpha value is -3.39. The van der Waals surface area contributed by atoms with Crippen molar-refractivity contribution in [1.82, 2.24) is 19.7 Å². The van der Waals surface area contributed by atoms with Crippen LogP contribution in [0.2, 0.25) is 0 Å². The number of hydrogen-bond acceptors (Lipinski definition) is 5. The van der Waals surface area contributed by atoms with Gasteiger partial charge in [-0.15, -0.1) is 0 Å². The molecule has 0 atom stereocenters. The summed E-state index contributed by atoms with van der Waals surface area (Å²) in [6, 6.07) is 17.1. The van der Waals surface area contributed by atoms with Gasteiger partial charge in [0.2, 0.25) is 5.91 Å². The summed E-state index contributed by atoms with van der Waals surface area (Å²) in [5.41, 5.74) is 2.84. The van der Waals surface area contributed by atoms with Crippen LogP contribution < -0.4 is 10.9 Å². The first kappa shape index (κ1) is 20.9. The standard InChI is InChI=1S/C23H23N5O2S/c1-23(2,3)15-9-11-16(12-10-15)25-19(29)14-31-22-26-20-18(13-24-27-20)21(30)28(22)17-7-5-4-6-8-17/h4-13H,14H2,1-3H3,(H,24,27)(H,25,29). The molecule has 0 spiro atoms. The number of carbonyl (C=O) groups excluding carboxylic acids is 1. The minimum Gasteiger partial charge on any atom is -0.325 e. The van der Waals surface area contributed by atoms with E-state index in [-0.39, 0.29) is 22.6 Å². The highest BCUT2D eigenvalue weighted by Gasteiger charge is 2.16. The van der Waals surface area contributed by atoms with Gasteiger partial charge in [-0.25, -0.2) is 4.98 Å². The lowest BCUT2D eigenvalue weighted by Crippen LogP contribution is -2.22. The van der Waals surface area contributed by atoms with E-state index >= 15 is 0 Å². The number of anilines is 1. The molecular formula is C23H23N5O2S. The number of amides is 1. The number of thioether (sulfide) groups is 1. The summed E-state index contributed by atoms with van der Waals surface area (Å²) in [5.74, 6) is -0.0630. The van der Waals surface area contributed by atoms with Gasteiger partial charge in [-0.3, -0.25) is 19.3 Å². The van der Waals surface area contributed by atoms with Gasteiger partial charge < -0.3 is 5.32 Å². The lowest BCUT2D eigenvalue weighted by Gasteiger charge is -2.19. The van der Waals surface area contributed by atoms with Crippen LogP contribution in [0.3, 0.4) is 0 Å². The van der Waals surface area contributed by atoms with E-state index in [1.807, 2.05) is 54.6 Å². The molecule has 2 aromatic heterocycles. The van der Waals surface area contributed by atoms with Crippen molar-refractivity contribution in [2.75, 3.05) is 11.1 Å². The van der Waals surface area contributed by atoms with Gasteiger partial charge in [0.05, 0.1) is 17.6 Å². The van der Waals surface area contributed by atoms with E-state index in [1.54, 1.807) is 0 Å². The SMILES string of the molecule is CC(C)(C)c1ccc(NC(=O)CSc2nc3[nH]ncc3c(=O)n2-c2ccccc2)cc1. The molecule has 0 saturated carbocycles. The van der Waals surface area contributed by atoms with Crippen molar-refractivity contribution < 1.29 is 4.79 Å². The third kappa shape index (κ3) is 4.54. The van der Waals surface area contributed by atoms with Crippen molar-refractivity contribution in [3.05, 3.63) is 76.7 Å². The third-order valence-corrected chi connectivity index (χ3v) is 5.77. The topological polar surface area (TPSA) is 92.7 Å². The Balaban J connectivity index is 1.55. The molecule has 158 valence electrons. The monoisotopic (exact) mass is 433 g/mol. The summed E-state index contributed by atoms with van der Waals surface area (Å²) in [4.78, 5) is 30.1. The molecule has 2 heterocycles. The molecule has 4 rings (SSSR count). The zero-order chi connectivity index (χ0) is 22.0. The van der Waals surface area contributed by atoms with Gasteiger partial charge in [0.1, 0.15) is 5.39 Å². The number of H-pyrrole nitrogens is 1. The molecule has 0 aliphatic heterocycles. The van der Waals surface area contributed by atoms with Crippen molar-refractivity contribution >= 4 is 34.4 Å². The van der Waals surface area contributed by atoms with Crippen molar-refractivity contribution in [3.8, 4) is 5.69 Å². The van der Waals surface area contributed by atoms with Crippen molar-refractivity contribution in [3.63, 3.8) is 0 Å². The Morgan fingerprint density at radius 3 is 2.48 bits per heavy atom. The maximum absolute atomic E-state index is 13.0. The summed E-state index contributed by atoms with van der Waals surface area (Å²) >= 11 is 1.20. The van der Waals surface area contributed by atoms with E-state index in [9.17, 15) is 9.59 Å². The van der Waals surface area contributed by atoms with Crippen LogP contribution in [0.4, 0.5) is 5.69 Å². The Morgan fingerprint density at radius 1 is 1.10 bits per heavy atom. The number of aromatic nitrogens is 4. The van der Waals surface area contributed by atoms with Gasteiger partial charge in [0.15, 0.2) is 10.8 Å². The van der Waals surface area contributed by atoms with Crippen LogP contribution in [0.15, 0.2) is 70.7 Å². The Bertz CT molecular complexity index is 1270. The zero-order valence-corrected chi connectivity index (χ0v) is 18.4. The van der Waals surface area contributed by atoms with Crippen molar-refractivity contribution in [2.24, 2.45) is 0 Å². The second-order valence-electron chi connectivity index (χ2n) is 8.17. The van der Waals surface area contributed by atoms with Crippen molar-refractivity contribution in [1.29, 1.82) is 0 Å². The molecular weight excluding hydrogens is 410 g/mol.